The lowest BCUT2D eigenvalue weighted by atomic mass is 9.49. The number of carboxylic acids is 1. The molecule has 4 aliphatic carbocycles. The number of aliphatic carboxylic acids is 1. The SMILES string of the molecule is O=C(O)C/C=C(\Cl)CC12CC3CC(CC(C3)C1)C2. The molecule has 0 spiro atoms. The average Bonchev–Trinajstić information content (AvgIpc) is 2.23. The Hall–Kier alpha value is -0.500. The van der Waals surface area contributed by atoms with Crippen LogP contribution in [0, 0.1) is 23.2 Å². The van der Waals surface area contributed by atoms with Crippen molar-refractivity contribution in [3.05, 3.63) is 11.1 Å². The van der Waals surface area contributed by atoms with Gasteiger partial charge in [0.1, 0.15) is 0 Å². The Kier molecular flexibility index (Phi) is 3.17. The molecule has 0 saturated heterocycles. The quantitative estimate of drug-likeness (QED) is 0.830. The Morgan fingerprint density at radius 2 is 1.67 bits per heavy atom. The van der Waals surface area contributed by atoms with Crippen LogP contribution in [-0.4, -0.2) is 11.1 Å². The molecule has 0 unspecified atom stereocenters. The molecule has 0 aromatic rings. The molecule has 4 rings (SSSR count). The first kappa shape index (κ1) is 12.5. The Balaban J connectivity index is 1.68. The lowest BCUT2D eigenvalue weighted by Gasteiger charge is -2.57. The molecule has 4 aliphatic rings. The van der Waals surface area contributed by atoms with Gasteiger partial charge in [-0.1, -0.05) is 17.7 Å². The highest BCUT2D eigenvalue weighted by molar-refractivity contribution is 6.29. The molecule has 0 atom stereocenters. The maximum atomic E-state index is 10.6. The molecule has 2 nitrogen and oxygen atoms in total. The van der Waals surface area contributed by atoms with Gasteiger partial charge in [0.2, 0.25) is 0 Å². The smallest absolute Gasteiger partial charge is 0.307 e. The van der Waals surface area contributed by atoms with Crippen molar-refractivity contribution in [2.24, 2.45) is 23.2 Å². The van der Waals surface area contributed by atoms with E-state index in [0.29, 0.717) is 5.41 Å². The summed E-state index contributed by atoms with van der Waals surface area (Å²) in [5.41, 5.74) is 0.417. The number of allylic oxidation sites excluding steroid dienone is 1. The first-order chi connectivity index (χ1) is 8.55. The third kappa shape index (κ3) is 2.45. The fourth-order valence-electron chi connectivity index (χ4n) is 5.13. The minimum absolute atomic E-state index is 0.0607. The van der Waals surface area contributed by atoms with E-state index in [0.717, 1.165) is 29.2 Å². The first-order valence-corrected chi connectivity index (χ1v) is 7.49. The fraction of sp³-hybridized carbons (Fsp3) is 0.800. The Bertz CT molecular complexity index is 351. The highest BCUT2D eigenvalue weighted by Crippen LogP contribution is 2.62. The van der Waals surface area contributed by atoms with Gasteiger partial charge in [-0.05, 0) is 68.1 Å². The van der Waals surface area contributed by atoms with Crippen molar-refractivity contribution in [2.75, 3.05) is 0 Å². The topological polar surface area (TPSA) is 37.3 Å². The van der Waals surface area contributed by atoms with Crippen molar-refractivity contribution < 1.29 is 9.90 Å². The molecule has 3 heteroatoms. The lowest BCUT2D eigenvalue weighted by molar-refractivity contribution is -0.136. The minimum Gasteiger partial charge on any atom is -0.481 e. The molecule has 0 heterocycles. The summed E-state index contributed by atoms with van der Waals surface area (Å²) in [6.07, 6.45) is 11.0. The zero-order chi connectivity index (χ0) is 12.8. The van der Waals surface area contributed by atoms with Crippen LogP contribution in [0.5, 0.6) is 0 Å². The van der Waals surface area contributed by atoms with Crippen LogP contribution < -0.4 is 0 Å². The predicted octanol–water partition coefficient (Wildman–Crippen LogP) is 4.19. The number of rotatable bonds is 4. The minimum atomic E-state index is -0.793. The van der Waals surface area contributed by atoms with E-state index in [4.69, 9.17) is 16.7 Å². The first-order valence-electron chi connectivity index (χ1n) is 7.11. The number of carbonyl (C=O) groups is 1. The van der Waals surface area contributed by atoms with Crippen LogP contribution in [-0.2, 0) is 4.79 Å². The summed E-state index contributed by atoms with van der Waals surface area (Å²) in [5, 5.41) is 9.47. The molecule has 1 N–H and O–H groups in total. The van der Waals surface area contributed by atoms with E-state index in [-0.39, 0.29) is 6.42 Å². The van der Waals surface area contributed by atoms with Gasteiger partial charge in [-0.15, -0.1) is 0 Å². The van der Waals surface area contributed by atoms with E-state index >= 15 is 0 Å². The van der Waals surface area contributed by atoms with Crippen LogP contribution in [0.3, 0.4) is 0 Å². The van der Waals surface area contributed by atoms with E-state index in [9.17, 15) is 4.79 Å². The Morgan fingerprint density at radius 3 is 2.11 bits per heavy atom. The largest absolute Gasteiger partial charge is 0.481 e. The molecule has 4 saturated carbocycles. The Labute approximate surface area is 113 Å². The van der Waals surface area contributed by atoms with Crippen molar-refractivity contribution in [3.63, 3.8) is 0 Å². The van der Waals surface area contributed by atoms with Gasteiger partial charge >= 0.3 is 5.97 Å². The van der Waals surface area contributed by atoms with E-state index in [1.807, 2.05) is 0 Å². The third-order valence-electron chi connectivity index (χ3n) is 5.21. The summed E-state index contributed by atoms with van der Waals surface area (Å²) in [6.45, 7) is 0. The van der Waals surface area contributed by atoms with Crippen LogP contribution in [0.1, 0.15) is 51.4 Å². The summed E-state index contributed by atoms with van der Waals surface area (Å²) in [4.78, 5) is 10.6. The second-order valence-electron chi connectivity index (χ2n) is 6.84. The summed E-state index contributed by atoms with van der Waals surface area (Å²) >= 11 is 6.26. The van der Waals surface area contributed by atoms with Gasteiger partial charge in [-0.3, -0.25) is 4.79 Å². The molecular formula is C15H21ClO2. The molecule has 100 valence electrons. The van der Waals surface area contributed by atoms with Gasteiger partial charge in [0.15, 0.2) is 0 Å². The highest BCUT2D eigenvalue weighted by Gasteiger charge is 2.50. The highest BCUT2D eigenvalue weighted by atomic mass is 35.5. The summed E-state index contributed by atoms with van der Waals surface area (Å²) in [7, 11) is 0. The van der Waals surface area contributed by atoms with Gasteiger partial charge < -0.3 is 5.11 Å². The molecule has 0 aliphatic heterocycles. The van der Waals surface area contributed by atoms with E-state index in [1.165, 1.54) is 38.5 Å². The van der Waals surface area contributed by atoms with Crippen LogP contribution in [0.2, 0.25) is 0 Å². The summed E-state index contributed by atoms with van der Waals surface area (Å²) in [5.74, 6) is 2.00. The second kappa shape index (κ2) is 4.56. The fourth-order valence-corrected chi connectivity index (χ4v) is 5.50. The normalized spacial score (nSPS) is 42.3. The molecule has 4 fully saturated rings. The van der Waals surface area contributed by atoms with Gasteiger partial charge in [0.05, 0.1) is 6.42 Å². The van der Waals surface area contributed by atoms with Crippen LogP contribution in [0.4, 0.5) is 0 Å². The van der Waals surface area contributed by atoms with Crippen molar-refractivity contribution in [1.82, 2.24) is 0 Å². The van der Waals surface area contributed by atoms with Crippen LogP contribution >= 0.6 is 11.6 Å². The molecule has 18 heavy (non-hydrogen) atoms. The van der Waals surface area contributed by atoms with Crippen molar-refractivity contribution in [2.45, 2.75) is 51.4 Å². The van der Waals surface area contributed by atoms with Crippen molar-refractivity contribution in [3.8, 4) is 0 Å². The second-order valence-corrected chi connectivity index (χ2v) is 7.33. The van der Waals surface area contributed by atoms with Crippen LogP contribution in [0.15, 0.2) is 11.1 Å². The molecule has 0 aromatic carbocycles. The zero-order valence-electron chi connectivity index (χ0n) is 10.7. The van der Waals surface area contributed by atoms with Gasteiger partial charge in [0, 0.05) is 5.03 Å². The monoisotopic (exact) mass is 268 g/mol. The third-order valence-corrected chi connectivity index (χ3v) is 5.50. The summed E-state index contributed by atoms with van der Waals surface area (Å²) in [6, 6.07) is 0. The van der Waals surface area contributed by atoms with E-state index in [1.54, 1.807) is 6.08 Å². The maximum absolute atomic E-state index is 10.6. The number of hydrogen-bond acceptors (Lipinski definition) is 1. The van der Waals surface area contributed by atoms with Gasteiger partial charge in [0.25, 0.3) is 0 Å². The van der Waals surface area contributed by atoms with E-state index < -0.39 is 5.97 Å². The standard InChI is InChI=1S/C15H21ClO2/c16-13(1-2-14(17)18)9-15-6-10-3-11(7-15)5-12(4-10)8-15/h1,10-12H,2-9H2,(H,17,18)/b13-1-. The lowest BCUT2D eigenvalue weighted by Crippen LogP contribution is -2.46. The average molecular weight is 269 g/mol. The van der Waals surface area contributed by atoms with Crippen molar-refractivity contribution in [1.29, 1.82) is 0 Å². The number of halogens is 1. The van der Waals surface area contributed by atoms with Crippen molar-refractivity contribution >= 4 is 17.6 Å². The van der Waals surface area contributed by atoms with Gasteiger partial charge in [-0.2, -0.15) is 0 Å². The molecular weight excluding hydrogens is 248 g/mol. The maximum Gasteiger partial charge on any atom is 0.307 e. The number of hydrogen-bond donors (Lipinski definition) is 1. The molecule has 4 bridgehead atoms. The van der Waals surface area contributed by atoms with E-state index in [2.05, 4.69) is 0 Å². The Morgan fingerprint density at radius 1 is 1.17 bits per heavy atom. The predicted molar refractivity (Wildman–Crippen MR) is 71.4 cm³/mol. The molecule has 0 radical (unpaired) electrons. The number of carboxylic acid groups (broad SMARTS) is 1. The van der Waals surface area contributed by atoms with Gasteiger partial charge in [-0.25, -0.2) is 0 Å². The molecule has 0 aromatic heterocycles. The summed E-state index contributed by atoms with van der Waals surface area (Å²) < 4.78 is 0. The van der Waals surface area contributed by atoms with Crippen LogP contribution in [0.25, 0.3) is 0 Å². The molecule has 0 amide bonds. The zero-order valence-corrected chi connectivity index (χ0v) is 11.5.